The SMILES string of the molecule is COc1ccccc1C1(N2CCCCC2)CCCCC1. The van der Waals surface area contributed by atoms with Gasteiger partial charge in [-0.3, -0.25) is 4.90 Å². The van der Waals surface area contributed by atoms with Gasteiger partial charge in [-0.2, -0.15) is 0 Å². The molecule has 1 aromatic carbocycles. The van der Waals surface area contributed by atoms with Crippen LogP contribution in [0.4, 0.5) is 0 Å². The number of nitrogens with zero attached hydrogens (tertiary/aromatic N) is 1. The minimum atomic E-state index is 0.241. The Bertz CT molecular complexity index is 431. The molecule has 0 N–H and O–H groups in total. The Balaban J connectivity index is 1.99. The summed E-state index contributed by atoms with van der Waals surface area (Å²) in [5.41, 5.74) is 1.68. The van der Waals surface area contributed by atoms with Crippen LogP contribution < -0.4 is 4.74 Å². The standard InChI is InChI=1S/C18H27NO/c1-20-17-11-5-4-10-16(17)18(12-6-2-7-13-18)19-14-8-3-9-15-19/h4-5,10-11H,2-3,6-9,12-15H2,1H3. The first-order valence-corrected chi connectivity index (χ1v) is 8.25. The fourth-order valence-electron chi connectivity index (χ4n) is 4.24. The second-order valence-electron chi connectivity index (χ2n) is 6.34. The van der Waals surface area contributed by atoms with Gasteiger partial charge in [0.05, 0.1) is 7.11 Å². The molecule has 0 atom stereocenters. The number of piperidine rings is 1. The summed E-state index contributed by atoms with van der Waals surface area (Å²) >= 11 is 0. The summed E-state index contributed by atoms with van der Waals surface area (Å²) in [6.45, 7) is 2.52. The van der Waals surface area contributed by atoms with Crippen LogP contribution in [-0.4, -0.2) is 25.1 Å². The summed E-state index contributed by atoms with van der Waals surface area (Å²) in [5.74, 6) is 1.08. The van der Waals surface area contributed by atoms with Crippen molar-refractivity contribution in [3.8, 4) is 5.75 Å². The summed E-state index contributed by atoms with van der Waals surface area (Å²) in [7, 11) is 1.81. The Morgan fingerprint density at radius 1 is 0.900 bits per heavy atom. The minimum absolute atomic E-state index is 0.241. The molecule has 1 aliphatic heterocycles. The first-order valence-electron chi connectivity index (χ1n) is 8.25. The van der Waals surface area contributed by atoms with Crippen LogP contribution >= 0.6 is 0 Å². The van der Waals surface area contributed by atoms with Crippen molar-refractivity contribution in [2.75, 3.05) is 20.2 Å². The molecule has 1 aliphatic carbocycles. The fourth-order valence-corrected chi connectivity index (χ4v) is 4.24. The molecule has 0 bridgehead atoms. The lowest BCUT2D eigenvalue weighted by molar-refractivity contribution is 0.0285. The van der Waals surface area contributed by atoms with Crippen molar-refractivity contribution >= 4 is 0 Å². The smallest absolute Gasteiger partial charge is 0.123 e. The van der Waals surface area contributed by atoms with Gasteiger partial charge in [-0.15, -0.1) is 0 Å². The van der Waals surface area contributed by atoms with Crippen molar-refractivity contribution in [1.29, 1.82) is 0 Å². The summed E-state index contributed by atoms with van der Waals surface area (Å²) in [4.78, 5) is 2.77. The first-order chi connectivity index (χ1) is 9.87. The summed E-state index contributed by atoms with van der Waals surface area (Å²) in [6.07, 6.45) is 10.8. The van der Waals surface area contributed by atoms with Crippen molar-refractivity contribution in [2.45, 2.75) is 56.9 Å². The predicted molar refractivity (Wildman–Crippen MR) is 83.2 cm³/mol. The zero-order valence-electron chi connectivity index (χ0n) is 12.7. The highest BCUT2D eigenvalue weighted by atomic mass is 16.5. The van der Waals surface area contributed by atoms with Gasteiger partial charge in [-0.05, 0) is 44.8 Å². The molecule has 2 fully saturated rings. The Labute approximate surface area is 123 Å². The monoisotopic (exact) mass is 273 g/mol. The quantitative estimate of drug-likeness (QED) is 0.812. The van der Waals surface area contributed by atoms with Gasteiger partial charge in [0.15, 0.2) is 0 Å². The predicted octanol–water partition coefficient (Wildman–Crippen LogP) is 4.34. The maximum Gasteiger partial charge on any atom is 0.123 e. The van der Waals surface area contributed by atoms with E-state index in [0.29, 0.717) is 0 Å². The first kappa shape index (κ1) is 13.9. The zero-order valence-corrected chi connectivity index (χ0v) is 12.7. The molecule has 0 aromatic heterocycles. The van der Waals surface area contributed by atoms with Gasteiger partial charge in [0.1, 0.15) is 5.75 Å². The Morgan fingerprint density at radius 3 is 2.25 bits per heavy atom. The number of hydrogen-bond acceptors (Lipinski definition) is 2. The van der Waals surface area contributed by atoms with Crippen LogP contribution in [0.2, 0.25) is 0 Å². The average Bonchev–Trinajstić information content (AvgIpc) is 2.56. The van der Waals surface area contributed by atoms with E-state index in [0.717, 1.165) is 5.75 Å². The van der Waals surface area contributed by atoms with Crippen LogP contribution in [0.3, 0.4) is 0 Å². The Morgan fingerprint density at radius 2 is 1.55 bits per heavy atom. The number of ether oxygens (including phenoxy) is 1. The van der Waals surface area contributed by atoms with Gasteiger partial charge in [-0.25, -0.2) is 0 Å². The molecule has 1 heterocycles. The molecule has 0 unspecified atom stereocenters. The molecule has 20 heavy (non-hydrogen) atoms. The molecule has 0 spiro atoms. The molecular weight excluding hydrogens is 246 g/mol. The van der Waals surface area contributed by atoms with Crippen LogP contribution in [0.5, 0.6) is 5.75 Å². The Kier molecular flexibility index (Phi) is 4.30. The molecule has 1 aromatic rings. The van der Waals surface area contributed by atoms with Gasteiger partial charge in [0, 0.05) is 11.1 Å². The largest absolute Gasteiger partial charge is 0.496 e. The normalized spacial score (nSPS) is 23.4. The van der Waals surface area contributed by atoms with E-state index in [2.05, 4.69) is 29.2 Å². The highest BCUT2D eigenvalue weighted by molar-refractivity contribution is 5.39. The molecule has 1 saturated heterocycles. The van der Waals surface area contributed by atoms with Gasteiger partial charge >= 0.3 is 0 Å². The molecule has 2 heteroatoms. The number of benzene rings is 1. The molecule has 0 amide bonds. The molecule has 3 rings (SSSR count). The van der Waals surface area contributed by atoms with E-state index in [1.54, 1.807) is 0 Å². The third-order valence-electron chi connectivity index (χ3n) is 5.25. The third kappa shape index (κ3) is 2.46. The van der Waals surface area contributed by atoms with Gasteiger partial charge in [0.2, 0.25) is 0 Å². The minimum Gasteiger partial charge on any atom is -0.496 e. The molecule has 1 saturated carbocycles. The number of para-hydroxylation sites is 1. The lowest BCUT2D eigenvalue weighted by atomic mass is 9.74. The topological polar surface area (TPSA) is 12.5 Å². The number of hydrogen-bond donors (Lipinski definition) is 0. The van der Waals surface area contributed by atoms with E-state index >= 15 is 0 Å². The van der Waals surface area contributed by atoms with Crippen LogP contribution in [0.15, 0.2) is 24.3 Å². The number of likely N-dealkylation sites (tertiary alicyclic amines) is 1. The van der Waals surface area contributed by atoms with E-state index in [-0.39, 0.29) is 5.54 Å². The summed E-state index contributed by atoms with van der Waals surface area (Å²) in [6, 6.07) is 8.71. The number of rotatable bonds is 3. The molecular formula is C18H27NO. The van der Waals surface area contributed by atoms with Gasteiger partial charge < -0.3 is 4.74 Å². The van der Waals surface area contributed by atoms with Crippen molar-refractivity contribution < 1.29 is 4.74 Å². The van der Waals surface area contributed by atoms with E-state index in [4.69, 9.17) is 4.74 Å². The maximum atomic E-state index is 5.69. The number of methoxy groups -OCH3 is 1. The second kappa shape index (κ2) is 6.17. The van der Waals surface area contributed by atoms with Gasteiger partial charge in [0.25, 0.3) is 0 Å². The van der Waals surface area contributed by atoms with Crippen molar-refractivity contribution in [3.05, 3.63) is 29.8 Å². The highest BCUT2D eigenvalue weighted by Crippen LogP contribution is 2.46. The maximum absolute atomic E-state index is 5.69. The summed E-state index contributed by atoms with van der Waals surface area (Å²) < 4.78 is 5.69. The molecule has 110 valence electrons. The third-order valence-corrected chi connectivity index (χ3v) is 5.25. The van der Waals surface area contributed by atoms with Gasteiger partial charge in [-0.1, -0.05) is 43.9 Å². The average molecular weight is 273 g/mol. The fraction of sp³-hybridized carbons (Fsp3) is 0.667. The van der Waals surface area contributed by atoms with Crippen molar-refractivity contribution in [3.63, 3.8) is 0 Å². The molecule has 2 aliphatic rings. The lowest BCUT2D eigenvalue weighted by Crippen LogP contribution is -2.49. The summed E-state index contributed by atoms with van der Waals surface area (Å²) in [5, 5.41) is 0. The Hall–Kier alpha value is -1.02. The molecule has 2 nitrogen and oxygen atoms in total. The van der Waals surface area contributed by atoms with Crippen LogP contribution in [0, 0.1) is 0 Å². The van der Waals surface area contributed by atoms with Crippen LogP contribution in [0.1, 0.15) is 56.9 Å². The van der Waals surface area contributed by atoms with E-state index in [9.17, 15) is 0 Å². The lowest BCUT2D eigenvalue weighted by Gasteiger charge is -2.49. The van der Waals surface area contributed by atoms with E-state index in [1.165, 1.54) is 70.0 Å². The highest BCUT2D eigenvalue weighted by Gasteiger charge is 2.41. The van der Waals surface area contributed by atoms with E-state index in [1.807, 2.05) is 7.11 Å². The van der Waals surface area contributed by atoms with Crippen molar-refractivity contribution in [1.82, 2.24) is 4.90 Å². The molecule has 0 radical (unpaired) electrons. The second-order valence-corrected chi connectivity index (χ2v) is 6.34. The van der Waals surface area contributed by atoms with Crippen LogP contribution in [-0.2, 0) is 5.54 Å². The van der Waals surface area contributed by atoms with Crippen molar-refractivity contribution in [2.24, 2.45) is 0 Å². The van der Waals surface area contributed by atoms with E-state index < -0.39 is 0 Å². The zero-order chi connectivity index (χ0) is 13.8. The van der Waals surface area contributed by atoms with Crippen LogP contribution in [0.25, 0.3) is 0 Å².